The molecule has 0 radical (unpaired) electrons. The molecule has 0 bridgehead atoms. The number of pyridine rings is 1. The number of hydrogen-bond acceptors (Lipinski definition) is 2. The van der Waals surface area contributed by atoms with Crippen molar-refractivity contribution in [1.82, 2.24) is 14.3 Å². The summed E-state index contributed by atoms with van der Waals surface area (Å²) in [4.78, 5) is 16.7. The summed E-state index contributed by atoms with van der Waals surface area (Å²) < 4.78 is 3.48. The molecule has 4 heteroatoms. The van der Waals surface area contributed by atoms with Crippen LogP contribution in [0.3, 0.4) is 0 Å². The molecule has 0 amide bonds. The normalized spacial score (nSPS) is 11.5. The molecule has 0 aliphatic carbocycles. The van der Waals surface area contributed by atoms with Gasteiger partial charge in [0.05, 0.1) is 16.6 Å². The van der Waals surface area contributed by atoms with Crippen LogP contribution in [-0.2, 0) is 14.1 Å². The molecule has 2 aromatic heterocycles. The van der Waals surface area contributed by atoms with Gasteiger partial charge < -0.3 is 0 Å². The lowest BCUT2D eigenvalue weighted by Crippen LogP contribution is -2.16. The number of rotatable bonds is 2. The molecule has 0 fully saturated rings. The van der Waals surface area contributed by atoms with E-state index in [1.165, 1.54) is 5.56 Å². The van der Waals surface area contributed by atoms with E-state index in [1.54, 1.807) is 11.7 Å². The Balaban J connectivity index is 2.20. The smallest absolute Gasteiger partial charge is 0.274 e. The van der Waals surface area contributed by atoms with Crippen molar-refractivity contribution in [2.24, 2.45) is 14.1 Å². The molecule has 0 unspecified atom stereocenters. The summed E-state index contributed by atoms with van der Waals surface area (Å²) in [5.74, 6) is 0.458. The second-order valence-corrected chi connectivity index (χ2v) is 5.71. The lowest BCUT2D eigenvalue weighted by Gasteiger charge is -2.07. The van der Waals surface area contributed by atoms with E-state index in [-0.39, 0.29) is 5.56 Å². The first-order valence-corrected chi connectivity index (χ1v) is 7.11. The highest BCUT2D eigenvalue weighted by Crippen LogP contribution is 2.24. The first-order valence-electron chi connectivity index (χ1n) is 7.11. The highest BCUT2D eigenvalue weighted by molar-refractivity contribution is 5.84. The third-order valence-electron chi connectivity index (χ3n) is 4.07. The van der Waals surface area contributed by atoms with Gasteiger partial charge in [-0.25, -0.2) is 0 Å². The van der Waals surface area contributed by atoms with Crippen LogP contribution in [0.1, 0.15) is 25.3 Å². The van der Waals surface area contributed by atoms with Gasteiger partial charge in [0.25, 0.3) is 5.56 Å². The number of aryl methyl sites for hydroxylation is 1. The van der Waals surface area contributed by atoms with Gasteiger partial charge >= 0.3 is 0 Å². The molecule has 21 heavy (non-hydrogen) atoms. The van der Waals surface area contributed by atoms with Crippen molar-refractivity contribution in [3.05, 3.63) is 52.4 Å². The molecule has 3 aromatic rings. The molecule has 4 nitrogen and oxygen atoms in total. The van der Waals surface area contributed by atoms with Gasteiger partial charge in [0.2, 0.25) is 0 Å². The molecule has 3 rings (SSSR count). The standard InChI is InChI=1S/C17H19N3O/c1-11(2)12-7-8-18-15(10-12)13-5-6-16-14(9-13)17(21)20(4)19(16)3/h5-11H,1-4H3. The minimum absolute atomic E-state index is 0.0226. The Hall–Kier alpha value is -2.36. The Bertz CT molecular complexity index is 871. The van der Waals surface area contributed by atoms with Gasteiger partial charge in [0.1, 0.15) is 0 Å². The molecule has 0 spiro atoms. The van der Waals surface area contributed by atoms with E-state index in [4.69, 9.17) is 0 Å². The fraction of sp³-hybridized carbons (Fsp3) is 0.294. The van der Waals surface area contributed by atoms with Crippen LogP contribution in [0, 0.1) is 0 Å². The zero-order valence-corrected chi connectivity index (χ0v) is 12.8. The van der Waals surface area contributed by atoms with Gasteiger partial charge in [0.15, 0.2) is 0 Å². The predicted molar refractivity (Wildman–Crippen MR) is 85.5 cm³/mol. The van der Waals surface area contributed by atoms with E-state index < -0.39 is 0 Å². The molecule has 0 atom stereocenters. The highest BCUT2D eigenvalue weighted by Gasteiger charge is 2.10. The van der Waals surface area contributed by atoms with Crippen LogP contribution in [0.15, 0.2) is 41.3 Å². The number of fused-ring (bicyclic) bond motifs is 1. The van der Waals surface area contributed by atoms with E-state index >= 15 is 0 Å². The van der Waals surface area contributed by atoms with Gasteiger partial charge in [-0.15, -0.1) is 0 Å². The topological polar surface area (TPSA) is 39.8 Å². The molecular weight excluding hydrogens is 262 g/mol. The van der Waals surface area contributed by atoms with Gasteiger partial charge in [-0.3, -0.25) is 19.1 Å². The second kappa shape index (κ2) is 4.88. The second-order valence-electron chi connectivity index (χ2n) is 5.71. The Morgan fingerprint density at radius 2 is 1.81 bits per heavy atom. The summed E-state index contributed by atoms with van der Waals surface area (Å²) in [5.41, 5.74) is 4.10. The Labute approximate surface area is 123 Å². The van der Waals surface area contributed by atoms with Crippen molar-refractivity contribution in [3.8, 4) is 11.3 Å². The third kappa shape index (κ3) is 2.17. The van der Waals surface area contributed by atoms with Crippen LogP contribution in [0.4, 0.5) is 0 Å². The highest BCUT2D eigenvalue weighted by atomic mass is 16.1. The predicted octanol–water partition coefficient (Wildman–Crippen LogP) is 3.06. The van der Waals surface area contributed by atoms with Gasteiger partial charge in [-0.1, -0.05) is 19.9 Å². The first kappa shape index (κ1) is 13.6. The monoisotopic (exact) mass is 281 g/mol. The average molecular weight is 281 g/mol. The maximum atomic E-state index is 12.2. The van der Waals surface area contributed by atoms with Crippen molar-refractivity contribution < 1.29 is 0 Å². The van der Waals surface area contributed by atoms with Gasteiger partial charge in [-0.2, -0.15) is 0 Å². The molecule has 0 aliphatic heterocycles. The molecule has 0 N–H and O–H groups in total. The van der Waals surface area contributed by atoms with Gasteiger partial charge in [0, 0.05) is 25.9 Å². The SMILES string of the molecule is CC(C)c1ccnc(-c2ccc3c(c2)c(=O)n(C)n3C)c1. The molecule has 0 aliphatic rings. The van der Waals surface area contributed by atoms with Gasteiger partial charge in [-0.05, 0) is 35.7 Å². The van der Waals surface area contributed by atoms with Crippen LogP contribution in [0.25, 0.3) is 22.2 Å². The summed E-state index contributed by atoms with van der Waals surface area (Å²) >= 11 is 0. The summed E-state index contributed by atoms with van der Waals surface area (Å²) in [6.07, 6.45) is 1.83. The average Bonchev–Trinajstić information content (AvgIpc) is 2.72. The van der Waals surface area contributed by atoms with Crippen molar-refractivity contribution in [3.63, 3.8) is 0 Å². The molecule has 0 saturated carbocycles. The quantitative estimate of drug-likeness (QED) is 0.724. The van der Waals surface area contributed by atoms with E-state index in [1.807, 2.05) is 42.2 Å². The molecule has 1 aromatic carbocycles. The molecule has 2 heterocycles. The lowest BCUT2D eigenvalue weighted by atomic mass is 10.0. The number of aromatic nitrogens is 3. The minimum atomic E-state index is 0.0226. The summed E-state index contributed by atoms with van der Waals surface area (Å²) in [7, 11) is 3.67. The summed E-state index contributed by atoms with van der Waals surface area (Å²) in [6.45, 7) is 4.32. The lowest BCUT2D eigenvalue weighted by molar-refractivity contribution is 0.595. The zero-order chi connectivity index (χ0) is 15.1. The van der Waals surface area contributed by atoms with E-state index in [0.29, 0.717) is 5.92 Å². The maximum absolute atomic E-state index is 12.2. The molecule has 0 saturated heterocycles. The van der Waals surface area contributed by atoms with Crippen LogP contribution in [-0.4, -0.2) is 14.3 Å². The zero-order valence-electron chi connectivity index (χ0n) is 12.8. The van der Waals surface area contributed by atoms with E-state index in [2.05, 4.69) is 24.9 Å². The summed E-state index contributed by atoms with van der Waals surface area (Å²) in [5, 5.41) is 0.731. The van der Waals surface area contributed by atoms with Crippen molar-refractivity contribution in [2.75, 3.05) is 0 Å². The van der Waals surface area contributed by atoms with Crippen molar-refractivity contribution in [1.29, 1.82) is 0 Å². The summed E-state index contributed by atoms with van der Waals surface area (Å²) in [6, 6.07) is 10.1. The van der Waals surface area contributed by atoms with Crippen LogP contribution in [0.2, 0.25) is 0 Å². The van der Waals surface area contributed by atoms with Crippen LogP contribution in [0.5, 0.6) is 0 Å². The molecular formula is C17H19N3O. The Morgan fingerprint density at radius 1 is 1.05 bits per heavy atom. The first-order chi connectivity index (χ1) is 9.99. The third-order valence-corrected chi connectivity index (χ3v) is 4.07. The van der Waals surface area contributed by atoms with E-state index in [9.17, 15) is 4.79 Å². The Morgan fingerprint density at radius 3 is 2.52 bits per heavy atom. The number of nitrogens with zero attached hydrogens (tertiary/aromatic N) is 3. The number of hydrogen-bond donors (Lipinski definition) is 0. The van der Waals surface area contributed by atoms with Crippen LogP contribution < -0.4 is 5.56 Å². The fourth-order valence-electron chi connectivity index (χ4n) is 2.58. The fourth-order valence-corrected chi connectivity index (χ4v) is 2.58. The Kier molecular flexibility index (Phi) is 3.16. The van der Waals surface area contributed by atoms with Crippen molar-refractivity contribution >= 4 is 10.9 Å². The van der Waals surface area contributed by atoms with E-state index in [0.717, 1.165) is 22.2 Å². The maximum Gasteiger partial charge on any atom is 0.274 e. The van der Waals surface area contributed by atoms with Crippen LogP contribution >= 0.6 is 0 Å². The molecule has 108 valence electrons. The number of benzene rings is 1. The van der Waals surface area contributed by atoms with Crippen molar-refractivity contribution in [2.45, 2.75) is 19.8 Å². The minimum Gasteiger partial charge on any atom is -0.285 e. The largest absolute Gasteiger partial charge is 0.285 e.